The van der Waals surface area contributed by atoms with E-state index >= 15 is 0 Å². The first-order chi connectivity index (χ1) is 7.89. The van der Waals surface area contributed by atoms with Crippen LogP contribution in [0.4, 0.5) is 0 Å². The first kappa shape index (κ1) is 18.3. The van der Waals surface area contributed by atoms with Gasteiger partial charge in [-0.2, -0.15) is 0 Å². The predicted octanol–water partition coefficient (Wildman–Crippen LogP) is 3.78. The Morgan fingerprint density at radius 1 is 1.24 bits per heavy atom. The van der Waals surface area contributed by atoms with Crippen LogP contribution in [0.15, 0.2) is 9.32 Å². The minimum Gasteiger partial charge on any atom is -0.296 e. The molecule has 0 radical (unpaired) electrons. The van der Waals surface area contributed by atoms with Gasteiger partial charge < -0.3 is 0 Å². The second kappa shape index (κ2) is 10.1. The van der Waals surface area contributed by atoms with Crippen molar-refractivity contribution in [1.29, 1.82) is 0 Å². The zero-order chi connectivity index (χ0) is 13.9. The molecule has 0 aliphatic carbocycles. The molecule has 0 saturated carbocycles. The number of aryl methyl sites for hydroxylation is 1. The van der Waals surface area contributed by atoms with Gasteiger partial charge in [0, 0.05) is 6.42 Å². The molecule has 1 heterocycles. The van der Waals surface area contributed by atoms with E-state index in [4.69, 9.17) is 0 Å². The van der Waals surface area contributed by atoms with E-state index in [0.29, 0.717) is 17.7 Å². The lowest BCUT2D eigenvalue weighted by atomic mass is 9.91. The average Bonchev–Trinajstić information content (AvgIpc) is 2.66. The van der Waals surface area contributed by atoms with Crippen molar-refractivity contribution in [3.63, 3.8) is 0 Å². The van der Waals surface area contributed by atoms with Gasteiger partial charge in [0.1, 0.15) is 0 Å². The van der Waals surface area contributed by atoms with Crippen LogP contribution in [-0.2, 0) is 6.42 Å². The lowest BCUT2D eigenvalue weighted by Gasteiger charge is -2.15. The molecule has 0 bridgehead atoms. The molecule has 17 heavy (non-hydrogen) atoms. The van der Waals surface area contributed by atoms with Crippen LogP contribution in [0.1, 0.15) is 67.1 Å². The highest BCUT2D eigenvalue weighted by Gasteiger charge is 2.06. The third-order valence-electron chi connectivity index (χ3n) is 1.82. The van der Waals surface area contributed by atoms with Gasteiger partial charge in [-0.05, 0) is 11.8 Å². The van der Waals surface area contributed by atoms with Gasteiger partial charge >= 0.3 is 5.76 Å². The molecule has 1 aromatic heterocycles. The summed E-state index contributed by atoms with van der Waals surface area (Å²) >= 11 is 0. The largest absolute Gasteiger partial charge is 0.438 e. The molecule has 0 saturated heterocycles. The second-order valence-corrected chi connectivity index (χ2v) is 4.71. The summed E-state index contributed by atoms with van der Waals surface area (Å²) in [5.41, 5.74) is 0.550. The van der Waals surface area contributed by atoms with Crippen molar-refractivity contribution in [3.05, 3.63) is 16.4 Å². The number of nitrogens with zero attached hydrogens (tertiary/aromatic N) is 1. The molecule has 1 aromatic rings. The van der Waals surface area contributed by atoms with Crippen LogP contribution in [0.25, 0.3) is 0 Å². The molecule has 0 fully saturated rings. The third kappa shape index (κ3) is 12.9. The monoisotopic (exact) mass is 244 g/mol. The molecule has 0 aromatic carbocycles. The molecular formula is C13H28N2O2. The Morgan fingerprint density at radius 3 is 1.88 bits per heavy atom. The van der Waals surface area contributed by atoms with E-state index in [0.717, 1.165) is 0 Å². The molecule has 0 atom stereocenters. The van der Waals surface area contributed by atoms with E-state index in [9.17, 15) is 4.79 Å². The van der Waals surface area contributed by atoms with Crippen LogP contribution < -0.4 is 5.76 Å². The summed E-state index contributed by atoms with van der Waals surface area (Å²) in [4.78, 5) is 12.6. The Balaban J connectivity index is 0. The molecule has 0 amide bonds. The number of aromatic nitrogens is 2. The van der Waals surface area contributed by atoms with Crippen molar-refractivity contribution >= 4 is 0 Å². The molecule has 0 aliphatic rings. The Hall–Kier alpha value is -1.06. The molecule has 1 rings (SSSR count). The highest BCUT2D eigenvalue weighted by molar-refractivity contribution is 4.74. The smallest absolute Gasteiger partial charge is 0.296 e. The fraction of sp³-hybridized carbons (Fsp3) is 0.846. The highest BCUT2D eigenvalue weighted by atomic mass is 16.5. The van der Waals surface area contributed by atoms with Crippen LogP contribution in [0.2, 0.25) is 0 Å². The fourth-order valence-electron chi connectivity index (χ4n) is 1.16. The third-order valence-corrected chi connectivity index (χ3v) is 1.82. The number of nitrogens with one attached hydrogen (secondary N) is 1. The van der Waals surface area contributed by atoms with E-state index in [1.165, 1.54) is 12.8 Å². The van der Waals surface area contributed by atoms with E-state index in [1.807, 2.05) is 20.8 Å². The lowest BCUT2D eigenvalue weighted by molar-refractivity contribution is 0.373. The molecule has 0 aliphatic heterocycles. The maximum Gasteiger partial charge on any atom is 0.438 e. The van der Waals surface area contributed by atoms with Crippen LogP contribution >= 0.6 is 0 Å². The van der Waals surface area contributed by atoms with Crippen LogP contribution in [0, 0.1) is 5.41 Å². The topological polar surface area (TPSA) is 58.9 Å². The van der Waals surface area contributed by atoms with E-state index in [-0.39, 0.29) is 0 Å². The molecule has 0 spiro atoms. The van der Waals surface area contributed by atoms with Gasteiger partial charge in [0.15, 0.2) is 5.82 Å². The number of H-pyrrole nitrogens is 1. The van der Waals surface area contributed by atoms with Gasteiger partial charge in [0.2, 0.25) is 0 Å². The normalized spacial score (nSPS) is 9.82. The summed E-state index contributed by atoms with van der Waals surface area (Å²) in [7, 11) is 0. The summed E-state index contributed by atoms with van der Waals surface area (Å²) < 4.78 is 4.19. The Kier molecular flexibility index (Phi) is 10.9. The van der Waals surface area contributed by atoms with E-state index in [1.54, 1.807) is 0 Å². The van der Waals surface area contributed by atoms with Gasteiger partial charge in [-0.25, -0.2) is 4.79 Å². The van der Waals surface area contributed by atoms with Crippen molar-refractivity contribution < 1.29 is 4.52 Å². The fourth-order valence-corrected chi connectivity index (χ4v) is 1.16. The van der Waals surface area contributed by atoms with Crippen molar-refractivity contribution in [1.82, 2.24) is 10.1 Å². The van der Waals surface area contributed by atoms with Crippen molar-refractivity contribution in [2.75, 3.05) is 0 Å². The number of hydrogen-bond acceptors (Lipinski definition) is 3. The minimum absolute atomic E-state index is 0.484. The maximum absolute atomic E-state index is 10.2. The van der Waals surface area contributed by atoms with Gasteiger partial charge in [0.25, 0.3) is 0 Å². The van der Waals surface area contributed by atoms with Crippen molar-refractivity contribution in [3.8, 4) is 0 Å². The summed E-state index contributed by atoms with van der Waals surface area (Å²) in [6.07, 6.45) is 3.35. The zero-order valence-corrected chi connectivity index (χ0v) is 12.4. The van der Waals surface area contributed by atoms with Gasteiger partial charge in [0.05, 0.1) is 0 Å². The summed E-state index contributed by atoms with van der Waals surface area (Å²) in [6.45, 7) is 14.9. The number of rotatable bonds is 2. The lowest BCUT2D eigenvalue weighted by Crippen LogP contribution is -2.02. The molecule has 102 valence electrons. The number of hydrogen-bond donors (Lipinski definition) is 1. The standard InChI is InChI=1S/C7H16.C4H6N2O2.C2H6/c1-5-6-7(2,3)4;1-2-3-5-4(7)8-6-3;1-2/h5-6H2,1-4H3;2H2,1H3,(H,5,6,7);1-2H3. The van der Waals surface area contributed by atoms with Crippen molar-refractivity contribution in [2.45, 2.75) is 67.7 Å². The zero-order valence-electron chi connectivity index (χ0n) is 12.4. The van der Waals surface area contributed by atoms with Gasteiger partial charge in [-0.1, -0.05) is 60.0 Å². The van der Waals surface area contributed by atoms with Crippen molar-refractivity contribution in [2.24, 2.45) is 5.41 Å². The van der Waals surface area contributed by atoms with Crippen LogP contribution in [0.5, 0.6) is 0 Å². The van der Waals surface area contributed by atoms with Gasteiger partial charge in [-0.3, -0.25) is 9.51 Å². The molecule has 1 N–H and O–H groups in total. The summed E-state index contributed by atoms with van der Waals surface area (Å²) in [5, 5.41) is 3.39. The Bertz CT molecular complexity index is 308. The quantitative estimate of drug-likeness (QED) is 0.861. The van der Waals surface area contributed by atoms with E-state index < -0.39 is 5.76 Å². The molecule has 4 heteroatoms. The average molecular weight is 244 g/mol. The van der Waals surface area contributed by atoms with Crippen LogP contribution in [-0.4, -0.2) is 10.1 Å². The maximum atomic E-state index is 10.2. The SMILES string of the molecule is CC.CCCC(C)(C)C.CCc1noc(=O)[nH]1. The second-order valence-electron chi connectivity index (χ2n) is 4.71. The predicted molar refractivity (Wildman–Crippen MR) is 72.2 cm³/mol. The molecular weight excluding hydrogens is 216 g/mol. The first-order valence-electron chi connectivity index (χ1n) is 6.44. The van der Waals surface area contributed by atoms with Crippen LogP contribution in [0.3, 0.4) is 0 Å². The highest BCUT2D eigenvalue weighted by Crippen LogP contribution is 2.19. The van der Waals surface area contributed by atoms with E-state index in [2.05, 4.69) is 42.4 Å². The molecule has 4 nitrogen and oxygen atoms in total. The minimum atomic E-state index is -0.484. The van der Waals surface area contributed by atoms with Gasteiger partial charge in [-0.15, -0.1) is 0 Å². The summed E-state index contributed by atoms with van der Waals surface area (Å²) in [5.74, 6) is 0.108. The molecule has 0 unspecified atom stereocenters. The summed E-state index contributed by atoms with van der Waals surface area (Å²) in [6, 6.07) is 0. The first-order valence-corrected chi connectivity index (χ1v) is 6.44. The number of aromatic amines is 1. The Labute approximate surface area is 105 Å². The Morgan fingerprint density at radius 2 is 1.76 bits per heavy atom.